The van der Waals surface area contributed by atoms with E-state index in [1.165, 1.54) is 11.3 Å². The first kappa shape index (κ1) is 9.45. The van der Waals surface area contributed by atoms with Crippen LogP contribution in [0.5, 0.6) is 0 Å². The predicted molar refractivity (Wildman–Crippen MR) is 56.8 cm³/mol. The minimum Gasteiger partial charge on any atom is -0.368 e. The van der Waals surface area contributed by atoms with Gasteiger partial charge in [0.05, 0.1) is 4.92 Å². The Morgan fingerprint density at radius 3 is 2.86 bits per heavy atom. The van der Waals surface area contributed by atoms with Gasteiger partial charge in [-0.15, -0.1) is 11.3 Å². The van der Waals surface area contributed by atoms with Crippen molar-refractivity contribution in [2.75, 3.05) is 5.32 Å². The molecule has 2 rings (SSSR count). The van der Waals surface area contributed by atoms with E-state index in [1.807, 2.05) is 0 Å². The Bertz CT molecular complexity index is 373. The highest BCUT2D eigenvalue weighted by atomic mass is 32.1. The number of thiophene rings is 1. The largest absolute Gasteiger partial charge is 0.368 e. The van der Waals surface area contributed by atoms with E-state index >= 15 is 0 Å². The van der Waals surface area contributed by atoms with Crippen LogP contribution in [0.1, 0.15) is 20.3 Å². The molecule has 1 heterocycles. The van der Waals surface area contributed by atoms with Crippen LogP contribution in [0.4, 0.5) is 10.7 Å². The second-order valence-electron chi connectivity index (χ2n) is 4.28. The molecule has 1 unspecified atom stereocenters. The van der Waals surface area contributed by atoms with Gasteiger partial charge in [-0.25, -0.2) is 0 Å². The van der Waals surface area contributed by atoms with Crippen LogP contribution in [-0.2, 0) is 0 Å². The third kappa shape index (κ3) is 1.59. The van der Waals surface area contributed by atoms with Gasteiger partial charge in [-0.05, 0) is 17.2 Å². The van der Waals surface area contributed by atoms with Gasteiger partial charge in [0.1, 0.15) is 0 Å². The molecular weight excluding hydrogens is 200 g/mol. The third-order valence-electron chi connectivity index (χ3n) is 2.66. The molecule has 14 heavy (non-hydrogen) atoms. The van der Waals surface area contributed by atoms with Crippen molar-refractivity contribution in [2.45, 2.75) is 26.3 Å². The Hall–Kier alpha value is -1.10. The summed E-state index contributed by atoms with van der Waals surface area (Å²) < 4.78 is 0. The molecule has 1 fully saturated rings. The van der Waals surface area contributed by atoms with Gasteiger partial charge in [-0.3, -0.25) is 10.1 Å². The monoisotopic (exact) mass is 212 g/mol. The van der Waals surface area contributed by atoms with Crippen molar-refractivity contribution >= 4 is 22.0 Å². The number of hydrogen-bond acceptors (Lipinski definition) is 4. The second-order valence-corrected chi connectivity index (χ2v) is 5.20. The summed E-state index contributed by atoms with van der Waals surface area (Å²) in [5.41, 5.74) is 0.482. The van der Waals surface area contributed by atoms with Crippen molar-refractivity contribution in [3.8, 4) is 0 Å². The van der Waals surface area contributed by atoms with Gasteiger partial charge in [0.2, 0.25) is 0 Å². The van der Waals surface area contributed by atoms with Crippen molar-refractivity contribution in [3.05, 3.63) is 21.6 Å². The fourth-order valence-corrected chi connectivity index (χ4v) is 2.23. The minimum atomic E-state index is -0.339. The van der Waals surface area contributed by atoms with Crippen LogP contribution >= 0.6 is 11.3 Å². The van der Waals surface area contributed by atoms with Crippen LogP contribution in [0.15, 0.2) is 11.4 Å². The molecule has 0 amide bonds. The SMILES string of the molecule is CC1(C)CC1Nc1sccc1[N+](=O)[O-]. The molecule has 76 valence electrons. The number of anilines is 1. The number of nitro groups is 1. The van der Waals surface area contributed by atoms with Gasteiger partial charge < -0.3 is 5.32 Å². The summed E-state index contributed by atoms with van der Waals surface area (Å²) in [5.74, 6) is 0. The minimum absolute atomic E-state index is 0.192. The maximum absolute atomic E-state index is 10.6. The Morgan fingerprint density at radius 2 is 2.36 bits per heavy atom. The summed E-state index contributed by atoms with van der Waals surface area (Å²) in [6.07, 6.45) is 1.09. The van der Waals surface area contributed by atoms with Gasteiger partial charge in [-0.2, -0.15) is 0 Å². The summed E-state index contributed by atoms with van der Waals surface area (Å²) in [4.78, 5) is 10.3. The highest BCUT2D eigenvalue weighted by Crippen LogP contribution is 2.48. The van der Waals surface area contributed by atoms with Gasteiger partial charge >= 0.3 is 5.69 Å². The van der Waals surface area contributed by atoms with Gasteiger partial charge in [0.15, 0.2) is 5.00 Å². The predicted octanol–water partition coefficient (Wildman–Crippen LogP) is 2.87. The van der Waals surface area contributed by atoms with Crippen molar-refractivity contribution < 1.29 is 4.92 Å². The zero-order valence-electron chi connectivity index (χ0n) is 8.11. The lowest BCUT2D eigenvalue weighted by molar-refractivity contribution is -0.383. The van der Waals surface area contributed by atoms with Crippen LogP contribution in [0, 0.1) is 15.5 Å². The number of nitrogens with zero attached hydrogens (tertiary/aromatic N) is 1. The van der Waals surface area contributed by atoms with E-state index in [0.29, 0.717) is 11.0 Å². The molecule has 1 N–H and O–H groups in total. The molecule has 1 saturated carbocycles. The first-order chi connectivity index (χ1) is 6.50. The highest BCUT2D eigenvalue weighted by molar-refractivity contribution is 7.14. The van der Waals surface area contributed by atoms with E-state index in [2.05, 4.69) is 19.2 Å². The smallest absolute Gasteiger partial charge is 0.303 e. The molecule has 1 aliphatic rings. The molecular formula is C9H12N2O2S. The van der Waals surface area contributed by atoms with E-state index in [9.17, 15) is 10.1 Å². The lowest BCUT2D eigenvalue weighted by Crippen LogP contribution is -2.08. The highest BCUT2D eigenvalue weighted by Gasteiger charge is 2.46. The number of nitrogens with one attached hydrogen (secondary N) is 1. The van der Waals surface area contributed by atoms with E-state index in [-0.39, 0.29) is 16.0 Å². The van der Waals surface area contributed by atoms with Crippen LogP contribution < -0.4 is 5.32 Å². The number of rotatable bonds is 3. The lowest BCUT2D eigenvalue weighted by atomic mass is 10.2. The third-order valence-corrected chi connectivity index (χ3v) is 3.49. The standard InChI is InChI=1S/C9H12N2O2S/c1-9(2)5-7(9)10-8-6(11(12)13)3-4-14-8/h3-4,7,10H,5H2,1-2H3. The fraction of sp³-hybridized carbons (Fsp3) is 0.556. The van der Waals surface area contributed by atoms with Crippen molar-refractivity contribution in [1.29, 1.82) is 0 Å². The molecule has 0 aliphatic heterocycles. The molecule has 0 radical (unpaired) electrons. The van der Waals surface area contributed by atoms with E-state index in [4.69, 9.17) is 0 Å². The van der Waals surface area contributed by atoms with E-state index in [0.717, 1.165) is 6.42 Å². The normalized spacial score (nSPS) is 23.1. The Kier molecular flexibility index (Phi) is 1.99. The summed E-state index contributed by atoms with van der Waals surface area (Å²) in [6.45, 7) is 4.31. The Morgan fingerprint density at radius 1 is 1.71 bits per heavy atom. The molecule has 4 nitrogen and oxygen atoms in total. The number of hydrogen-bond donors (Lipinski definition) is 1. The van der Waals surface area contributed by atoms with E-state index < -0.39 is 0 Å². The topological polar surface area (TPSA) is 55.2 Å². The Labute approximate surface area is 86.1 Å². The zero-order valence-corrected chi connectivity index (χ0v) is 8.93. The molecule has 1 atom stereocenters. The van der Waals surface area contributed by atoms with Crippen LogP contribution in [0.25, 0.3) is 0 Å². The maximum atomic E-state index is 10.6. The average Bonchev–Trinajstić information content (AvgIpc) is 2.52. The molecule has 0 aromatic carbocycles. The first-order valence-electron chi connectivity index (χ1n) is 4.49. The summed E-state index contributed by atoms with van der Waals surface area (Å²) in [7, 11) is 0. The first-order valence-corrected chi connectivity index (χ1v) is 5.37. The van der Waals surface area contributed by atoms with Gasteiger partial charge in [0, 0.05) is 12.1 Å². The molecule has 1 aromatic heterocycles. The summed E-state index contributed by atoms with van der Waals surface area (Å²) in [6, 6.07) is 1.93. The fourth-order valence-electron chi connectivity index (χ4n) is 1.43. The molecule has 1 aliphatic carbocycles. The maximum Gasteiger partial charge on any atom is 0.303 e. The van der Waals surface area contributed by atoms with Crippen molar-refractivity contribution in [3.63, 3.8) is 0 Å². The molecule has 1 aromatic rings. The van der Waals surface area contributed by atoms with Crippen molar-refractivity contribution in [1.82, 2.24) is 0 Å². The summed E-state index contributed by atoms with van der Waals surface area (Å²) in [5, 5.41) is 16.3. The van der Waals surface area contributed by atoms with E-state index in [1.54, 1.807) is 11.4 Å². The van der Waals surface area contributed by atoms with Crippen LogP contribution in [-0.4, -0.2) is 11.0 Å². The second kappa shape index (κ2) is 2.95. The molecule has 0 saturated heterocycles. The zero-order chi connectivity index (χ0) is 10.3. The van der Waals surface area contributed by atoms with Crippen molar-refractivity contribution in [2.24, 2.45) is 5.41 Å². The Balaban J connectivity index is 2.10. The molecule has 0 spiro atoms. The molecule has 5 heteroatoms. The lowest BCUT2D eigenvalue weighted by Gasteiger charge is -2.04. The summed E-state index contributed by atoms with van der Waals surface area (Å²) >= 11 is 1.39. The van der Waals surface area contributed by atoms with Gasteiger partial charge in [-0.1, -0.05) is 13.8 Å². The average molecular weight is 212 g/mol. The van der Waals surface area contributed by atoms with Crippen LogP contribution in [0.3, 0.4) is 0 Å². The van der Waals surface area contributed by atoms with Gasteiger partial charge in [0.25, 0.3) is 0 Å². The quantitative estimate of drug-likeness (QED) is 0.619. The van der Waals surface area contributed by atoms with Crippen LogP contribution in [0.2, 0.25) is 0 Å². The molecule has 0 bridgehead atoms.